The molecule has 1 amide bonds. The van der Waals surface area contributed by atoms with Crippen molar-refractivity contribution < 1.29 is 9.53 Å². The average Bonchev–Trinajstić information content (AvgIpc) is 2.74. The zero-order valence-electron chi connectivity index (χ0n) is 10.2. The Labute approximate surface area is 110 Å². The number of thioether (sulfide) groups is 1. The molecule has 4 nitrogen and oxygen atoms in total. The van der Waals surface area contributed by atoms with E-state index in [0.717, 1.165) is 17.1 Å². The second kappa shape index (κ2) is 4.72. The highest BCUT2D eigenvalue weighted by atomic mass is 32.2. The average molecular weight is 264 g/mol. The molecule has 96 valence electrons. The van der Waals surface area contributed by atoms with E-state index in [1.54, 1.807) is 0 Å². The van der Waals surface area contributed by atoms with Gasteiger partial charge >= 0.3 is 0 Å². The molecule has 2 atom stereocenters. The summed E-state index contributed by atoms with van der Waals surface area (Å²) in [4.78, 5) is 11.3. The van der Waals surface area contributed by atoms with Crippen LogP contribution >= 0.6 is 11.8 Å². The Hall–Kier alpha value is -1.36. The summed E-state index contributed by atoms with van der Waals surface area (Å²) in [6.07, 6.45) is 1.19. The van der Waals surface area contributed by atoms with E-state index in [1.165, 1.54) is 12.2 Å². The molecule has 1 saturated heterocycles. The summed E-state index contributed by atoms with van der Waals surface area (Å²) in [7, 11) is 0. The molecule has 2 aliphatic rings. The second-order valence-electron chi connectivity index (χ2n) is 4.66. The van der Waals surface area contributed by atoms with E-state index in [0.29, 0.717) is 11.3 Å². The molecule has 2 N–H and O–H groups in total. The molecule has 2 heterocycles. The van der Waals surface area contributed by atoms with Crippen molar-refractivity contribution in [2.75, 3.05) is 23.0 Å². The van der Waals surface area contributed by atoms with Gasteiger partial charge in [0.05, 0.1) is 5.69 Å². The van der Waals surface area contributed by atoms with E-state index < -0.39 is 0 Å². The van der Waals surface area contributed by atoms with Crippen LogP contribution in [0.2, 0.25) is 0 Å². The molecule has 0 radical (unpaired) electrons. The zero-order valence-corrected chi connectivity index (χ0v) is 11.0. The minimum atomic E-state index is -0.0931. The number of nitrogens with one attached hydrogen (secondary N) is 2. The lowest BCUT2D eigenvalue weighted by atomic mass is 10.1. The van der Waals surface area contributed by atoms with E-state index in [9.17, 15) is 4.79 Å². The lowest BCUT2D eigenvalue weighted by Crippen LogP contribution is -2.27. The summed E-state index contributed by atoms with van der Waals surface area (Å²) in [5.41, 5.74) is 1.80. The van der Waals surface area contributed by atoms with Gasteiger partial charge in [0.15, 0.2) is 6.61 Å². The van der Waals surface area contributed by atoms with Gasteiger partial charge in [-0.1, -0.05) is 6.92 Å². The van der Waals surface area contributed by atoms with Gasteiger partial charge in [-0.2, -0.15) is 11.8 Å². The fraction of sp³-hybridized carbons (Fsp3) is 0.462. The van der Waals surface area contributed by atoms with Crippen LogP contribution in [0.15, 0.2) is 18.2 Å². The molecule has 1 fully saturated rings. The number of benzene rings is 1. The van der Waals surface area contributed by atoms with Gasteiger partial charge in [0.1, 0.15) is 5.75 Å². The number of carbonyl (C=O) groups excluding carboxylic acids is 1. The smallest absolute Gasteiger partial charge is 0.262 e. The van der Waals surface area contributed by atoms with Crippen molar-refractivity contribution >= 4 is 29.0 Å². The number of ether oxygens (including phenoxy) is 1. The summed E-state index contributed by atoms with van der Waals surface area (Å²) in [5.74, 6) is 1.86. The summed E-state index contributed by atoms with van der Waals surface area (Å²) >= 11 is 2.00. The van der Waals surface area contributed by atoms with E-state index >= 15 is 0 Å². The van der Waals surface area contributed by atoms with Crippen molar-refractivity contribution in [3.63, 3.8) is 0 Å². The first-order valence-corrected chi connectivity index (χ1v) is 7.22. The fourth-order valence-corrected chi connectivity index (χ4v) is 3.51. The Kier molecular flexibility index (Phi) is 3.07. The molecule has 0 aliphatic carbocycles. The third-order valence-corrected chi connectivity index (χ3v) is 4.67. The van der Waals surface area contributed by atoms with Gasteiger partial charge in [0.2, 0.25) is 0 Å². The maximum absolute atomic E-state index is 11.3. The third-order valence-electron chi connectivity index (χ3n) is 3.34. The number of fused-ring (bicyclic) bond motifs is 1. The van der Waals surface area contributed by atoms with Crippen LogP contribution in [0.1, 0.15) is 13.3 Å². The van der Waals surface area contributed by atoms with Crippen molar-refractivity contribution in [3.8, 4) is 5.75 Å². The molecule has 0 bridgehead atoms. The first-order chi connectivity index (χ1) is 8.72. The van der Waals surface area contributed by atoms with Crippen molar-refractivity contribution in [2.24, 2.45) is 0 Å². The number of amides is 1. The van der Waals surface area contributed by atoms with Crippen LogP contribution < -0.4 is 15.4 Å². The molecule has 18 heavy (non-hydrogen) atoms. The standard InChI is InChI=1S/C13H16N2O2S/c1-8-10(4-5-18-8)14-9-2-3-12-11(6-9)15-13(16)7-17-12/h2-3,6,8,10,14H,4-5,7H2,1H3,(H,15,16). The van der Waals surface area contributed by atoms with E-state index in [1.807, 2.05) is 30.0 Å². The van der Waals surface area contributed by atoms with Gasteiger partial charge in [-0.3, -0.25) is 4.79 Å². The highest BCUT2D eigenvalue weighted by molar-refractivity contribution is 8.00. The van der Waals surface area contributed by atoms with Crippen LogP contribution in [0.25, 0.3) is 0 Å². The van der Waals surface area contributed by atoms with E-state index in [-0.39, 0.29) is 12.5 Å². The molecule has 5 heteroatoms. The Bertz CT molecular complexity index is 478. The molecule has 0 saturated carbocycles. The van der Waals surface area contributed by atoms with Gasteiger partial charge in [-0.15, -0.1) is 0 Å². The largest absolute Gasteiger partial charge is 0.482 e. The minimum Gasteiger partial charge on any atom is -0.482 e. The SMILES string of the molecule is CC1SCCC1Nc1ccc2c(c1)NC(=O)CO2. The second-order valence-corrected chi connectivity index (χ2v) is 6.15. The highest BCUT2D eigenvalue weighted by Crippen LogP contribution is 2.33. The van der Waals surface area contributed by atoms with Crippen LogP contribution in [0.4, 0.5) is 11.4 Å². The highest BCUT2D eigenvalue weighted by Gasteiger charge is 2.24. The normalized spacial score (nSPS) is 26.2. The van der Waals surface area contributed by atoms with E-state index in [4.69, 9.17) is 4.74 Å². The van der Waals surface area contributed by atoms with Crippen LogP contribution in [0.3, 0.4) is 0 Å². The van der Waals surface area contributed by atoms with Gasteiger partial charge in [0, 0.05) is 17.0 Å². The maximum atomic E-state index is 11.3. The molecular formula is C13H16N2O2S. The fourth-order valence-electron chi connectivity index (χ4n) is 2.31. The van der Waals surface area contributed by atoms with Gasteiger partial charge in [-0.25, -0.2) is 0 Å². The predicted octanol–water partition coefficient (Wildman–Crippen LogP) is 2.32. The zero-order chi connectivity index (χ0) is 12.5. The number of hydrogen-bond acceptors (Lipinski definition) is 4. The molecular weight excluding hydrogens is 248 g/mol. The Morgan fingerprint density at radius 2 is 2.39 bits per heavy atom. The first-order valence-electron chi connectivity index (χ1n) is 6.17. The van der Waals surface area contributed by atoms with Gasteiger partial charge in [0.25, 0.3) is 5.91 Å². The van der Waals surface area contributed by atoms with E-state index in [2.05, 4.69) is 17.6 Å². The lowest BCUT2D eigenvalue weighted by molar-refractivity contribution is -0.118. The van der Waals surface area contributed by atoms with Crippen molar-refractivity contribution in [3.05, 3.63) is 18.2 Å². The van der Waals surface area contributed by atoms with Gasteiger partial charge in [-0.05, 0) is 30.4 Å². The monoisotopic (exact) mass is 264 g/mol. The van der Waals surface area contributed by atoms with Crippen molar-refractivity contribution in [1.82, 2.24) is 0 Å². The Balaban J connectivity index is 1.77. The summed E-state index contributed by atoms with van der Waals surface area (Å²) in [6.45, 7) is 2.36. The number of hydrogen-bond donors (Lipinski definition) is 2. The predicted molar refractivity (Wildman–Crippen MR) is 74.5 cm³/mol. The van der Waals surface area contributed by atoms with Crippen LogP contribution in [-0.2, 0) is 4.79 Å². The van der Waals surface area contributed by atoms with Crippen molar-refractivity contribution in [2.45, 2.75) is 24.6 Å². The summed E-state index contributed by atoms with van der Waals surface area (Å²) in [5, 5.41) is 6.99. The van der Waals surface area contributed by atoms with Crippen LogP contribution in [-0.4, -0.2) is 29.6 Å². The first kappa shape index (κ1) is 11.7. The van der Waals surface area contributed by atoms with Gasteiger partial charge < -0.3 is 15.4 Å². The molecule has 0 spiro atoms. The van der Waals surface area contributed by atoms with Crippen LogP contribution in [0.5, 0.6) is 5.75 Å². The van der Waals surface area contributed by atoms with Crippen molar-refractivity contribution in [1.29, 1.82) is 0 Å². The molecule has 1 aromatic rings. The number of rotatable bonds is 2. The summed E-state index contributed by atoms with van der Waals surface area (Å²) < 4.78 is 5.34. The topological polar surface area (TPSA) is 50.4 Å². The molecule has 3 rings (SSSR count). The Morgan fingerprint density at radius 1 is 1.50 bits per heavy atom. The number of carbonyl (C=O) groups is 1. The third kappa shape index (κ3) is 2.27. The van der Waals surface area contributed by atoms with Crippen LogP contribution in [0, 0.1) is 0 Å². The molecule has 1 aromatic carbocycles. The number of anilines is 2. The minimum absolute atomic E-state index is 0.0931. The molecule has 0 aromatic heterocycles. The quantitative estimate of drug-likeness (QED) is 0.860. The summed E-state index contributed by atoms with van der Waals surface area (Å²) in [6, 6.07) is 6.37. The maximum Gasteiger partial charge on any atom is 0.262 e. The molecule has 2 aliphatic heterocycles. The lowest BCUT2D eigenvalue weighted by Gasteiger charge is -2.21. The molecule has 2 unspecified atom stereocenters. The Morgan fingerprint density at radius 3 is 3.17 bits per heavy atom.